The highest BCUT2D eigenvalue weighted by Crippen LogP contribution is 2.38. The van der Waals surface area contributed by atoms with Gasteiger partial charge < -0.3 is 15.0 Å². The van der Waals surface area contributed by atoms with Crippen molar-refractivity contribution in [3.63, 3.8) is 0 Å². The normalized spacial score (nSPS) is 23.2. The molecular formula is C29H34FN3O4. The van der Waals surface area contributed by atoms with Crippen molar-refractivity contribution >= 4 is 23.4 Å². The van der Waals surface area contributed by atoms with Crippen LogP contribution in [0.25, 0.3) is 0 Å². The minimum atomic E-state index is -0.388. The number of piperidine rings is 1. The molecule has 196 valence electrons. The van der Waals surface area contributed by atoms with Crippen molar-refractivity contribution < 1.29 is 23.5 Å². The fourth-order valence-corrected chi connectivity index (χ4v) is 5.88. The van der Waals surface area contributed by atoms with Gasteiger partial charge in [-0.1, -0.05) is 24.3 Å². The molecule has 0 aromatic heterocycles. The van der Waals surface area contributed by atoms with Gasteiger partial charge in [0, 0.05) is 32.3 Å². The summed E-state index contributed by atoms with van der Waals surface area (Å²) in [4.78, 5) is 43.4. The van der Waals surface area contributed by atoms with E-state index in [-0.39, 0.29) is 41.1 Å². The summed E-state index contributed by atoms with van der Waals surface area (Å²) in [5.74, 6) is -1.08. The van der Waals surface area contributed by atoms with Gasteiger partial charge in [-0.05, 0) is 69.7 Å². The van der Waals surface area contributed by atoms with Crippen LogP contribution in [0.2, 0.25) is 0 Å². The number of carbonyl (C=O) groups is 3. The predicted octanol–water partition coefficient (Wildman–Crippen LogP) is 3.95. The van der Waals surface area contributed by atoms with E-state index in [2.05, 4.69) is 10.2 Å². The van der Waals surface area contributed by atoms with Crippen molar-refractivity contribution in [1.82, 2.24) is 10.2 Å². The minimum Gasteiger partial charge on any atom is -0.375 e. The first-order valence-electron chi connectivity index (χ1n) is 13.2. The molecule has 1 N–H and O–H groups in total. The average molecular weight is 508 g/mol. The van der Waals surface area contributed by atoms with Gasteiger partial charge in [0.25, 0.3) is 11.8 Å². The maximum Gasteiger partial charge on any atom is 0.263 e. The van der Waals surface area contributed by atoms with Crippen LogP contribution in [0.3, 0.4) is 0 Å². The Bertz CT molecular complexity index is 1210. The van der Waals surface area contributed by atoms with E-state index in [9.17, 15) is 18.8 Å². The Balaban J connectivity index is 1.28. The number of hydrogen-bond donors (Lipinski definition) is 1. The Morgan fingerprint density at radius 1 is 1.11 bits per heavy atom. The lowest BCUT2D eigenvalue weighted by molar-refractivity contribution is -0.125. The lowest BCUT2D eigenvalue weighted by Gasteiger charge is -2.39. The Kier molecular flexibility index (Phi) is 7.03. The van der Waals surface area contributed by atoms with E-state index < -0.39 is 0 Å². The monoisotopic (exact) mass is 507 g/mol. The van der Waals surface area contributed by atoms with Crippen LogP contribution in [-0.2, 0) is 16.0 Å². The van der Waals surface area contributed by atoms with Gasteiger partial charge in [0.2, 0.25) is 5.91 Å². The van der Waals surface area contributed by atoms with Crippen LogP contribution in [0.15, 0.2) is 42.5 Å². The van der Waals surface area contributed by atoms with Gasteiger partial charge in [-0.2, -0.15) is 0 Å². The lowest BCUT2D eigenvalue weighted by Crippen LogP contribution is -2.48. The number of imide groups is 1. The van der Waals surface area contributed by atoms with E-state index in [1.165, 1.54) is 11.0 Å². The Labute approximate surface area is 217 Å². The molecule has 8 heteroatoms. The highest BCUT2D eigenvalue weighted by atomic mass is 19.1. The molecule has 2 saturated heterocycles. The molecule has 2 atom stereocenters. The van der Waals surface area contributed by atoms with E-state index in [0.717, 1.165) is 12.8 Å². The van der Waals surface area contributed by atoms with Crippen LogP contribution < -0.4 is 10.2 Å². The third kappa shape index (κ3) is 5.12. The van der Waals surface area contributed by atoms with Gasteiger partial charge in [-0.3, -0.25) is 19.3 Å². The van der Waals surface area contributed by atoms with Gasteiger partial charge in [-0.25, -0.2) is 4.39 Å². The second kappa shape index (κ2) is 10.2. The molecule has 2 aromatic carbocycles. The van der Waals surface area contributed by atoms with Gasteiger partial charge in [0.15, 0.2) is 0 Å². The van der Waals surface area contributed by atoms with Gasteiger partial charge in [-0.15, -0.1) is 0 Å². The molecule has 0 unspecified atom stereocenters. The number of anilines is 1. The second-order valence-electron chi connectivity index (χ2n) is 10.9. The average Bonchev–Trinajstić information content (AvgIpc) is 3.14. The fourth-order valence-electron chi connectivity index (χ4n) is 5.88. The van der Waals surface area contributed by atoms with Crippen molar-refractivity contribution in [2.24, 2.45) is 5.92 Å². The van der Waals surface area contributed by atoms with Crippen LogP contribution in [0.5, 0.6) is 0 Å². The summed E-state index contributed by atoms with van der Waals surface area (Å²) in [5.41, 5.74) is 1.78. The number of ether oxygens (including phenoxy) is 1. The molecular weight excluding hydrogens is 473 g/mol. The molecule has 3 heterocycles. The first kappa shape index (κ1) is 25.4. The molecule has 0 saturated carbocycles. The standard InChI is InChI=1S/C29H34FN3O4/c1-29(2)17-21(13-16-37-29)33-27(35)22-9-5-11-24(25(22)28(33)36)32-15-6-8-20(18-32)26(34)31-14-12-19-7-3-4-10-23(19)30/h3-5,7,9-11,20-21H,6,8,12-18H2,1-2H3,(H,31,34)/t20-,21-/m0/s1. The highest BCUT2D eigenvalue weighted by Gasteiger charge is 2.45. The highest BCUT2D eigenvalue weighted by molar-refractivity contribution is 6.24. The quantitative estimate of drug-likeness (QED) is 0.599. The number of carbonyl (C=O) groups excluding carboxylic acids is 3. The summed E-state index contributed by atoms with van der Waals surface area (Å²) < 4.78 is 19.7. The number of nitrogens with zero attached hydrogens (tertiary/aromatic N) is 2. The summed E-state index contributed by atoms with van der Waals surface area (Å²) in [7, 11) is 0. The molecule has 0 spiro atoms. The van der Waals surface area contributed by atoms with Crippen LogP contribution in [0.4, 0.5) is 10.1 Å². The third-order valence-electron chi connectivity index (χ3n) is 7.74. The molecule has 2 fully saturated rings. The molecule has 0 bridgehead atoms. The predicted molar refractivity (Wildman–Crippen MR) is 138 cm³/mol. The number of rotatable bonds is 6. The largest absolute Gasteiger partial charge is 0.375 e. The van der Waals surface area contributed by atoms with Crippen LogP contribution in [-0.4, -0.2) is 60.5 Å². The van der Waals surface area contributed by atoms with Crippen molar-refractivity contribution in [3.8, 4) is 0 Å². The maximum absolute atomic E-state index is 13.9. The molecule has 0 aliphatic carbocycles. The smallest absolute Gasteiger partial charge is 0.263 e. The molecule has 2 aromatic rings. The summed E-state index contributed by atoms with van der Waals surface area (Å²) in [6.07, 6.45) is 3.20. The van der Waals surface area contributed by atoms with Gasteiger partial charge in [0.1, 0.15) is 5.82 Å². The summed E-state index contributed by atoms with van der Waals surface area (Å²) in [5, 5.41) is 2.95. The molecule has 0 radical (unpaired) electrons. The van der Waals surface area contributed by atoms with Crippen molar-refractivity contribution in [2.75, 3.05) is 31.1 Å². The first-order chi connectivity index (χ1) is 17.7. The van der Waals surface area contributed by atoms with Gasteiger partial charge >= 0.3 is 0 Å². The molecule has 3 amide bonds. The van der Waals surface area contributed by atoms with Crippen LogP contribution >= 0.6 is 0 Å². The zero-order valence-electron chi connectivity index (χ0n) is 21.5. The summed E-state index contributed by atoms with van der Waals surface area (Å²) in [6.45, 7) is 6.02. The molecule has 3 aliphatic heterocycles. The van der Waals surface area contributed by atoms with E-state index in [1.807, 2.05) is 26.0 Å². The zero-order valence-corrected chi connectivity index (χ0v) is 21.5. The van der Waals surface area contributed by atoms with Crippen molar-refractivity contribution in [2.45, 2.75) is 57.6 Å². The Morgan fingerprint density at radius 2 is 1.92 bits per heavy atom. The Hall–Kier alpha value is -3.26. The molecule has 3 aliphatic rings. The third-order valence-corrected chi connectivity index (χ3v) is 7.74. The number of fused-ring (bicyclic) bond motifs is 1. The number of benzene rings is 2. The molecule has 5 rings (SSSR count). The van der Waals surface area contributed by atoms with E-state index >= 15 is 0 Å². The fraction of sp³-hybridized carbons (Fsp3) is 0.483. The van der Waals surface area contributed by atoms with E-state index in [0.29, 0.717) is 67.9 Å². The van der Waals surface area contributed by atoms with E-state index in [1.54, 1.807) is 24.3 Å². The minimum absolute atomic E-state index is 0.0675. The van der Waals surface area contributed by atoms with Crippen molar-refractivity contribution in [1.29, 1.82) is 0 Å². The first-order valence-corrected chi connectivity index (χ1v) is 13.2. The van der Waals surface area contributed by atoms with Crippen LogP contribution in [0.1, 0.15) is 65.8 Å². The van der Waals surface area contributed by atoms with Crippen molar-refractivity contribution in [3.05, 3.63) is 65.0 Å². The van der Waals surface area contributed by atoms with E-state index in [4.69, 9.17) is 4.74 Å². The number of amides is 3. The molecule has 7 nitrogen and oxygen atoms in total. The number of hydrogen-bond acceptors (Lipinski definition) is 5. The summed E-state index contributed by atoms with van der Waals surface area (Å²) >= 11 is 0. The lowest BCUT2D eigenvalue weighted by atomic mass is 9.93. The SMILES string of the molecule is CC1(C)C[C@@H](N2C(=O)c3cccc(N4CCC[C@H](C(=O)NCCc5ccccc5F)C4)c3C2=O)CCO1. The Morgan fingerprint density at radius 3 is 2.70 bits per heavy atom. The number of halogens is 1. The zero-order chi connectivity index (χ0) is 26.2. The maximum atomic E-state index is 13.9. The topological polar surface area (TPSA) is 79.0 Å². The summed E-state index contributed by atoms with van der Waals surface area (Å²) in [6, 6.07) is 11.8. The molecule has 37 heavy (non-hydrogen) atoms. The van der Waals surface area contributed by atoms with Gasteiger partial charge in [0.05, 0.1) is 28.3 Å². The number of nitrogens with one attached hydrogen (secondary N) is 1. The second-order valence-corrected chi connectivity index (χ2v) is 10.9. The van der Waals surface area contributed by atoms with Crippen LogP contribution in [0, 0.1) is 11.7 Å².